The molecule has 16 heavy (non-hydrogen) atoms. The fourth-order valence-electron chi connectivity index (χ4n) is 0.929. The van der Waals surface area contributed by atoms with E-state index in [2.05, 4.69) is 10.3 Å². The summed E-state index contributed by atoms with van der Waals surface area (Å²) in [6, 6.07) is 2.78. The van der Waals surface area contributed by atoms with Gasteiger partial charge in [0.25, 0.3) is 5.91 Å². The van der Waals surface area contributed by atoms with Crippen LogP contribution in [0.25, 0.3) is 0 Å². The van der Waals surface area contributed by atoms with E-state index in [1.54, 1.807) is 6.92 Å². The average Bonchev–Trinajstić information content (AvgIpc) is 2.28. The van der Waals surface area contributed by atoms with Gasteiger partial charge in [0.15, 0.2) is 0 Å². The number of anilines is 1. The molecule has 0 aliphatic heterocycles. The van der Waals surface area contributed by atoms with Crippen molar-refractivity contribution in [3.05, 3.63) is 23.9 Å². The van der Waals surface area contributed by atoms with Crippen molar-refractivity contribution in [1.82, 2.24) is 4.98 Å². The Kier molecular flexibility index (Phi) is 3.96. The van der Waals surface area contributed by atoms with E-state index in [0.29, 0.717) is 5.82 Å². The first-order valence-electron chi connectivity index (χ1n) is 4.57. The summed E-state index contributed by atoms with van der Waals surface area (Å²) >= 11 is 0. The van der Waals surface area contributed by atoms with Crippen LogP contribution in [0.4, 0.5) is 5.82 Å². The number of nitrogens with one attached hydrogen (secondary N) is 1. The molecule has 1 aromatic heterocycles. The maximum Gasteiger partial charge on any atom is 0.337 e. The SMILES string of the molecule is COC(C)C(=O)Nc1ccc(C(=O)O)cn1. The molecule has 1 amide bonds. The van der Waals surface area contributed by atoms with E-state index in [4.69, 9.17) is 9.84 Å². The zero-order valence-electron chi connectivity index (χ0n) is 8.93. The normalized spacial score (nSPS) is 11.9. The summed E-state index contributed by atoms with van der Waals surface area (Å²) in [6.07, 6.45) is 0.594. The highest BCUT2D eigenvalue weighted by Gasteiger charge is 2.12. The molecular weight excluding hydrogens is 212 g/mol. The van der Waals surface area contributed by atoms with Gasteiger partial charge in [-0.05, 0) is 19.1 Å². The summed E-state index contributed by atoms with van der Waals surface area (Å²) in [4.78, 5) is 25.7. The Hall–Kier alpha value is -1.95. The number of nitrogens with zero attached hydrogens (tertiary/aromatic N) is 1. The minimum atomic E-state index is -1.06. The molecule has 0 fully saturated rings. The van der Waals surface area contributed by atoms with Crippen LogP contribution >= 0.6 is 0 Å². The zero-order chi connectivity index (χ0) is 12.1. The van der Waals surface area contributed by atoms with Crippen LogP contribution in [0.5, 0.6) is 0 Å². The van der Waals surface area contributed by atoms with Crippen LogP contribution in [0.2, 0.25) is 0 Å². The van der Waals surface area contributed by atoms with E-state index in [0.717, 1.165) is 0 Å². The van der Waals surface area contributed by atoms with Crippen LogP contribution in [0.15, 0.2) is 18.3 Å². The fourth-order valence-corrected chi connectivity index (χ4v) is 0.929. The maximum absolute atomic E-state index is 11.4. The Bertz CT molecular complexity index is 388. The van der Waals surface area contributed by atoms with Crippen molar-refractivity contribution in [3.8, 4) is 0 Å². The van der Waals surface area contributed by atoms with Crippen LogP contribution in [-0.4, -0.2) is 35.2 Å². The first kappa shape index (κ1) is 12.1. The summed E-state index contributed by atoms with van der Waals surface area (Å²) in [6.45, 7) is 1.60. The van der Waals surface area contributed by atoms with Crippen LogP contribution in [0.1, 0.15) is 17.3 Å². The Morgan fingerprint density at radius 1 is 1.50 bits per heavy atom. The van der Waals surface area contributed by atoms with E-state index in [1.165, 1.54) is 25.4 Å². The summed E-state index contributed by atoms with van der Waals surface area (Å²) in [5.41, 5.74) is 0.0674. The van der Waals surface area contributed by atoms with Gasteiger partial charge < -0.3 is 15.2 Å². The molecule has 0 aliphatic carbocycles. The number of carbonyl (C=O) groups excluding carboxylic acids is 1. The molecule has 0 bridgehead atoms. The van der Waals surface area contributed by atoms with Crippen LogP contribution < -0.4 is 5.32 Å². The van der Waals surface area contributed by atoms with Crippen LogP contribution in [0, 0.1) is 0 Å². The lowest BCUT2D eigenvalue weighted by molar-refractivity contribution is -0.124. The molecule has 0 radical (unpaired) electrons. The van der Waals surface area contributed by atoms with Crippen molar-refractivity contribution in [2.75, 3.05) is 12.4 Å². The highest BCUT2D eigenvalue weighted by molar-refractivity contribution is 5.93. The van der Waals surface area contributed by atoms with Gasteiger partial charge in [0.1, 0.15) is 11.9 Å². The van der Waals surface area contributed by atoms with Crippen molar-refractivity contribution in [3.63, 3.8) is 0 Å². The van der Waals surface area contributed by atoms with E-state index in [-0.39, 0.29) is 11.5 Å². The minimum absolute atomic E-state index is 0.0674. The number of carboxylic acid groups (broad SMARTS) is 1. The topological polar surface area (TPSA) is 88.5 Å². The molecule has 1 unspecified atom stereocenters. The van der Waals surface area contributed by atoms with Crippen LogP contribution in [0.3, 0.4) is 0 Å². The number of rotatable bonds is 4. The number of aromatic carboxylic acids is 1. The molecule has 1 aromatic rings. The first-order chi connectivity index (χ1) is 7.54. The molecule has 6 heteroatoms. The predicted molar refractivity (Wildman–Crippen MR) is 56.3 cm³/mol. The molecule has 0 saturated carbocycles. The van der Waals surface area contributed by atoms with Crippen molar-refractivity contribution in [2.24, 2.45) is 0 Å². The number of ether oxygens (including phenoxy) is 1. The quantitative estimate of drug-likeness (QED) is 0.787. The summed E-state index contributed by atoms with van der Waals surface area (Å²) in [7, 11) is 1.42. The third-order valence-electron chi connectivity index (χ3n) is 1.98. The molecule has 86 valence electrons. The van der Waals surface area contributed by atoms with Gasteiger partial charge in [0, 0.05) is 13.3 Å². The number of methoxy groups -OCH3 is 1. The molecule has 1 rings (SSSR count). The summed E-state index contributed by atoms with van der Waals surface area (Å²) in [5.74, 6) is -1.10. The number of carboxylic acids is 1. The van der Waals surface area contributed by atoms with Crippen molar-refractivity contribution < 1.29 is 19.4 Å². The predicted octanol–water partition coefficient (Wildman–Crippen LogP) is 0.753. The van der Waals surface area contributed by atoms with Gasteiger partial charge in [0.05, 0.1) is 5.56 Å². The lowest BCUT2D eigenvalue weighted by Gasteiger charge is -2.09. The standard InChI is InChI=1S/C10H12N2O4/c1-6(16-2)9(13)12-8-4-3-7(5-11-8)10(14)15/h3-6H,1-2H3,(H,14,15)(H,11,12,13). The number of pyridine rings is 1. The number of hydrogen-bond acceptors (Lipinski definition) is 4. The highest BCUT2D eigenvalue weighted by atomic mass is 16.5. The van der Waals surface area contributed by atoms with Gasteiger partial charge in [-0.25, -0.2) is 9.78 Å². The van der Waals surface area contributed by atoms with E-state index in [1.807, 2.05) is 0 Å². The number of amides is 1. The Labute approximate surface area is 92.3 Å². The summed E-state index contributed by atoms with van der Waals surface area (Å²) < 4.78 is 4.81. The van der Waals surface area contributed by atoms with Gasteiger partial charge >= 0.3 is 5.97 Å². The van der Waals surface area contributed by atoms with E-state index < -0.39 is 12.1 Å². The molecule has 0 spiro atoms. The van der Waals surface area contributed by atoms with Gasteiger partial charge in [0.2, 0.25) is 0 Å². The third-order valence-corrected chi connectivity index (χ3v) is 1.98. The second kappa shape index (κ2) is 5.22. The molecule has 0 aromatic carbocycles. The lowest BCUT2D eigenvalue weighted by Crippen LogP contribution is -2.26. The molecular formula is C10H12N2O4. The van der Waals surface area contributed by atoms with E-state index >= 15 is 0 Å². The Morgan fingerprint density at radius 2 is 2.19 bits per heavy atom. The van der Waals surface area contributed by atoms with Crippen LogP contribution in [-0.2, 0) is 9.53 Å². The van der Waals surface area contributed by atoms with Crippen molar-refractivity contribution in [1.29, 1.82) is 0 Å². The lowest BCUT2D eigenvalue weighted by atomic mass is 10.3. The van der Waals surface area contributed by atoms with Gasteiger partial charge in [-0.3, -0.25) is 4.79 Å². The smallest absolute Gasteiger partial charge is 0.337 e. The minimum Gasteiger partial charge on any atom is -0.478 e. The van der Waals surface area contributed by atoms with Gasteiger partial charge in [-0.15, -0.1) is 0 Å². The monoisotopic (exact) mass is 224 g/mol. The number of aromatic nitrogens is 1. The molecule has 0 saturated heterocycles. The zero-order valence-corrected chi connectivity index (χ0v) is 8.93. The second-order valence-electron chi connectivity index (χ2n) is 3.10. The van der Waals surface area contributed by atoms with Crippen molar-refractivity contribution >= 4 is 17.7 Å². The third kappa shape index (κ3) is 3.03. The maximum atomic E-state index is 11.4. The number of carbonyl (C=O) groups is 2. The second-order valence-corrected chi connectivity index (χ2v) is 3.10. The average molecular weight is 224 g/mol. The molecule has 1 heterocycles. The Morgan fingerprint density at radius 3 is 2.62 bits per heavy atom. The fraction of sp³-hybridized carbons (Fsp3) is 0.300. The van der Waals surface area contributed by atoms with Crippen molar-refractivity contribution in [2.45, 2.75) is 13.0 Å². The van der Waals surface area contributed by atoms with Gasteiger partial charge in [-0.2, -0.15) is 0 Å². The molecule has 1 atom stereocenters. The first-order valence-corrected chi connectivity index (χ1v) is 4.57. The Balaban J connectivity index is 2.69. The molecule has 2 N–H and O–H groups in total. The highest BCUT2D eigenvalue weighted by Crippen LogP contribution is 2.06. The van der Waals surface area contributed by atoms with E-state index in [9.17, 15) is 9.59 Å². The summed E-state index contributed by atoms with van der Waals surface area (Å²) in [5, 5.41) is 11.1. The molecule has 0 aliphatic rings. The van der Waals surface area contributed by atoms with Gasteiger partial charge in [-0.1, -0.05) is 0 Å². The number of hydrogen-bond donors (Lipinski definition) is 2. The molecule has 6 nitrogen and oxygen atoms in total. The largest absolute Gasteiger partial charge is 0.478 e.